The number of hydrogen-bond donors (Lipinski definition) is 1. The quantitative estimate of drug-likeness (QED) is 0.253. The van der Waals surface area contributed by atoms with Crippen LogP contribution in [0.1, 0.15) is 43.1 Å². The molecule has 0 aliphatic carbocycles. The number of rotatable bonds is 6. The average Bonchev–Trinajstić information content (AvgIpc) is 3.47. The number of fused-ring (bicyclic) bond motifs is 3. The van der Waals surface area contributed by atoms with Crippen LogP contribution in [0.5, 0.6) is 0 Å². The highest BCUT2D eigenvalue weighted by atomic mass is 79.9. The molecule has 0 unspecified atom stereocenters. The molecule has 1 aliphatic heterocycles. The van der Waals surface area contributed by atoms with Crippen LogP contribution in [0.4, 0.5) is 10.1 Å². The summed E-state index contributed by atoms with van der Waals surface area (Å²) >= 11 is 3.34. The molecule has 3 heterocycles. The summed E-state index contributed by atoms with van der Waals surface area (Å²) in [5.74, 6) is -0.789. The van der Waals surface area contributed by atoms with Crippen molar-refractivity contribution in [2.75, 3.05) is 13.6 Å². The van der Waals surface area contributed by atoms with Crippen molar-refractivity contribution < 1.29 is 14.0 Å². The van der Waals surface area contributed by atoms with E-state index in [-0.39, 0.29) is 29.7 Å². The Morgan fingerprint density at radius 2 is 1.77 bits per heavy atom. The molecular weight excluding hydrogens is 627 g/mol. The normalized spacial score (nSPS) is 12.5. The van der Waals surface area contributed by atoms with E-state index in [0.29, 0.717) is 75.2 Å². The van der Waals surface area contributed by atoms with Gasteiger partial charge in [0.05, 0.1) is 30.7 Å². The zero-order chi connectivity index (χ0) is 31.0. The van der Waals surface area contributed by atoms with E-state index < -0.39 is 0 Å². The molecule has 3 aromatic carbocycles. The summed E-state index contributed by atoms with van der Waals surface area (Å²) in [6.07, 6.45) is 2.80. The first-order valence-electron chi connectivity index (χ1n) is 14.0. The van der Waals surface area contributed by atoms with Crippen LogP contribution in [0, 0.1) is 12.4 Å². The van der Waals surface area contributed by atoms with Crippen molar-refractivity contribution in [3.05, 3.63) is 138 Å². The second kappa shape index (κ2) is 11.9. The Balaban J connectivity index is 1.45. The maximum atomic E-state index is 14.5. The number of benzene rings is 3. The lowest BCUT2D eigenvalue weighted by atomic mass is 10.0. The lowest BCUT2D eigenvalue weighted by Crippen LogP contribution is -2.41. The second-order valence-electron chi connectivity index (χ2n) is 10.4. The molecule has 2 aromatic heterocycles. The van der Waals surface area contributed by atoms with Gasteiger partial charge in [0.15, 0.2) is 0 Å². The molecule has 0 radical (unpaired) electrons. The molecule has 1 aliphatic rings. The van der Waals surface area contributed by atoms with Gasteiger partial charge in [-0.05, 0) is 61.2 Å². The SMILES string of the molecule is [C-]#[N+]c1cc(C(=O)N2CCc3c(n4ncc(CCc5ccccc5F)c4n(-c4ccc(C(=O)NC)cc4)c3=O)C2)ccc1Br. The molecule has 6 rings (SSSR count). The molecule has 44 heavy (non-hydrogen) atoms. The lowest BCUT2D eigenvalue weighted by molar-refractivity contribution is 0.0729. The van der Waals surface area contributed by atoms with E-state index >= 15 is 0 Å². The van der Waals surface area contributed by atoms with Gasteiger partial charge in [0.1, 0.15) is 11.5 Å². The van der Waals surface area contributed by atoms with E-state index in [1.807, 2.05) is 0 Å². The monoisotopic (exact) mass is 652 g/mol. The fourth-order valence-electron chi connectivity index (χ4n) is 5.59. The summed E-state index contributed by atoms with van der Waals surface area (Å²) in [5.41, 5.74) is 4.45. The van der Waals surface area contributed by atoms with E-state index in [2.05, 4.69) is 31.2 Å². The van der Waals surface area contributed by atoms with Gasteiger partial charge in [-0.25, -0.2) is 13.8 Å². The second-order valence-corrected chi connectivity index (χ2v) is 11.3. The van der Waals surface area contributed by atoms with Gasteiger partial charge in [0.25, 0.3) is 17.4 Å². The Morgan fingerprint density at radius 3 is 2.50 bits per heavy atom. The van der Waals surface area contributed by atoms with Crippen LogP contribution in [0.2, 0.25) is 0 Å². The van der Waals surface area contributed by atoms with Crippen molar-refractivity contribution >= 4 is 39.1 Å². The van der Waals surface area contributed by atoms with Gasteiger partial charge in [-0.3, -0.25) is 19.0 Å². The number of carbonyl (C=O) groups is 2. The molecule has 220 valence electrons. The van der Waals surface area contributed by atoms with Crippen molar-refractivity contribution in [1.82, 2.24) is 24.4 Å². The molecule has 5 aromatic rings. The highest BCUT2D eigenvalue weighted by Gasteiger charge is 2.29. The van der Waals surface area contributed by atoms with Gasteiger partial charge in [-0.15, -0.1) is 0 Å². The van der Waals surface area contributed by atoms with Crippen LogP contribution < -0.4 is 10.9 Å². The zero-order valence-corrected chi connectivity index (χ0v) is 25.3. The highest BCUT2D eigenvalue weighted by molar-refractivity contribution is 9.10. The zero-order valence-electron chi connectivity index (χ0n) is 23.7. The first-order chi connectivity index (χ1) is 21.3. The maximum absolute atomic E-state index is 14.5. The first kappa shape index (κ1) is 29.0. The average molecular weight is 654 g/mol. The number of nitrogens with one attached hydrogen (secondary N) is 1. The van der Waals surface area contributed by atoms with Gasteiger partial charge >= 0.3 is 0 Å². The van der Waals surface area contributed by atoms with E-state index in [1.54, 1.807) is 87.9 Å². The van der Waals surface area contributed by atoms with Gasteiger partial charge in [0, 0.05) is 40.3 Å². The topological polar surface area (TPSA) is 93.1 Å². The first-order valence-corrected chi connectivity index (χ1v) is 14.8. The number of aromatic nitrogens is 3. The third-order valence-corrected chi connectivity index (χ3v) is 8.57. The van der Waals surface area contributed by atoms with E-state index in [4.69, 9.17) is 6.57 Å². The summed E-state index contributed by atoms with van der Waals surface area (Å²) in [6, 6.07) is 18.2. The van der Waals surface area contributed by atoms with E-state index in [9.17, 15) is 18.8 Å². The third kappa shape index (κ3) is 5.18. The van der Waals surface area contributed by atoms with Crippen LogP contribution in [0.25, 0.3) is 16.2 Å². The molecule has 11 heteroatoms. The molecule has 1 N–H and O–H groups in total. The lowest BCUT2D eigenvalue weighted by Gasteiger charge is -2.30. The standard InChI is InChI=1S/C33H26BrFN6O3/c1-36-28-17-22(11-14-26(28)34)32(43)39-16-15-25-29(19-39)41-31(23(18-38-41)8-7-20-5-3-4-6-27(20)35)40(33(25)44)24-12-9-21(10-13-24)30(42)37-2/h3-6,9-14,17-18H,7-8,15-16,19H2,2H3,(H,37,42). The number of carbonyl (C=O) groups excluding carboxylic acids is 2. The summed E-state index contributed by atoms with van der Waals surface area (Å²) in [7, 11) is 1.55. The summed E-state index contributed by atoms with van der Waals surface area (Å²) in [5, 5.41) is 7.27. The number of halogens is 2. The van der Waals surface area contributed by atoms with Gasteiger partial charge < -0.3 is 10.2 Å². The number of hydrogen-bond acceptors (Lipinski definition) is 4. The van der Waals surface area contributed by atoms with Crippen LogP contribution in [-0.2, 0) is 25.8 Å². The van der Waals surface area contributed by atoms with Crippen LogP contribution in [-0.4, -0.2) is 44.5 Å². The van der Waals surface area contributed by atoms with Crippen molar-refractivity contribution in [3.63, 3.8) is 0 Å². The molecule has 0 spiro atoms. The van der Waals surface area contributed by atoms with E-state index in [0.717, 1.165) is 5.56 Å². The molecular formula is C33H26BrFN6O3. The molecule has 0 bridgehead atoms. The Hall–Kier alpha value is -5.08. The number of aryl methyl sites for hydroxylation is 2. The summed E-state index contributed by atoms with van der Waals surface area (Å²) < 4.78 is 18.4. The predicted molar refractivity (Wildman–Crippen MR) is 167 cm³/mol. The number of amides is 2. The van der Waals surface area contributed by atoms with Gasteiger partial charge in [0.2, 0.25) is 5.69 Å². The largest absolute Gasteiger partial charge is 0.355 e. The maximum Gasteiger partial charge on any atom is 0.261 e. The molecule has 0 saturated carbocycles. The Morgan fingerprint density at radius 1 is 1.05 bits per heavy atom. The minimum Gasteiger partial charge on any atom is -0.355 e. The Bertz CT molecular complexity index is 2040. The third-order valence-electron chi connectivity index (χ3n) is 7.90. The van der Waals surface area contributed by atoms with Crippen LogP contribution >= 0.6 is 15.9 Å². The highest BCUT2D eigenvalue weighted by Crippen LogP contribution is 2.29. The Kier molecular flexibility index (Phi) is 7.84. The fraction of sp³-hybridized carbons (Fsp3) is 0.182. The number of nitrogens with zero attached hydrogens (tertiary/aromatic N) is 5. The minimum absolute atomic E-state index is 0.147. The minimum atomic E-state index is -0.299. The van der Waals surface area contributed by atoms with Gasteiger partial charge in [-0.1, -0.05) is 46.3 Å². The van der Waals surface area contributed by atoms with Crippen molar-refractivity contribution in [1.29, 1.82) is 0 Å². The molecule has 9 nitrogen and oxygen atoms in total. The van der Waals surface area contributed by atoms with Crippen molar-refractivity contribution in [3.8, 4) is 5.69 Å². The fourth-order valence-corrected chi connectivity index (χ4v) is 5.93. The van der Waals surface area contributed by atoms with E-state index in [1.165, 1.54) is 6.07 Å². The van der Waals surface area contributed by atoms with Crippen LogP contribution in [0.15, 0.2) is 82.2 Å². The van der Waals surface area contributed by atoms with Gasteiger partial charge in [-0.2, -0.15) is 5.10 Å². The molecule has 2 amide bonds. The predicted octanol–water partition coefficient (Wildman–Crippen LogP) is 5.28. The van der Waals surface area contributed by atoms with Crippen molar-refractivity contribution in [2.24, 2.45) is 0 Å². The smallest absolute Gasteiger partial charge is 0.261 e. The Labute approximate surface area is 260 Å². The molecule has 0 fully saturated rings. The summed E-state index contributed by atoms with van der Waals surface area (Å²) in [6.45, 7) is 7.85. The van der Waals surface area contributed by atoms with Crippen LogP contribution in [0.3, 0.4) is 0 Å². The molecule has 0 saturated heterocycles. The summed E-state index contributed by atoms with van der Waals surface area (Å²) in [4.78, 5) is 45.0. The van der Waals surface area contributed by atoms with Crippen molar-refractivity contribution in [2.45, 2.75) is 25.8 Å². The molecule has 0 atom stereocenters.